The molecule has 0 saturated heterocycles. The number of carbonyl (C=O) groups excluding carboxylic acids is 1. The molecule has 0 heterocycles. The molecular weight excluding hydrogens is 452 g/mol. The Morgan fingerprint density at radius 3 is 2.45 bits per heavy atom. The third-order valence-corrected chi connectivity index (χ3v) is 5.77. The molecule has 0 aromatic heterocycles. The molecule has 1 amide bonds. The maximum atomic E-state index is 12.8. The summed E-state index contributed by atoms with van der Waals surface area (Å²) < 4.78 is 6.39. The van der Waals surface area contributed by atoms with E-state index in [1.54, 1.807) is 13.2 Å². The van der Waals surface area contributed by atoms with Gasteiger partial charge in [-0.05, 0) is 65.4 Å². The van der Waals surface area contributed by atoms with Gasteiger partial charge in [-0.15, -0.1) is 0 Å². The van der Waals surface area contributed by atoms with Crippen LogP contribution in [-0.2, 0) is 17.6 Å². The average molecular weight is 475 g/mol. The normalized spacial score (nSPS) is 11.0. The van der Waals surface area contributed by atoms with E-state index < -0.39 is 5.91 Å². The van der Waals surface area contributed by atoms with Gasteiger partial charge in [0.1, 0.15) is 17.4 Å². The molecule has 0 spiro atoms. The monoisotopic (exact) mass is 474 g/mol. The van der Waals surface area contributed by atoms with Crippen LogP contribution in [0.15, 0.2) is 76.8 Å². The van der Waals surface area contributed by atoms with Crippen LogP contribution in [0, 0.1) is 11.3 Å². The summed E-state index contributed by atoms with van der Waals surface area (Å²) in [6.45, 7) is 2.03. The van der Waals surface area contributed by atoms with Crippen molar-refractivity contribution in [3.05, 3.63) is 99.0 Å². The number of anilines is 1. The van der Waals surface area contributed by atoms with Gasteiger partial charge < -0.3 is 10.1 Å². The van der Waals surface area contributed by atoms with Crippen molar-refractivity contribution in [2.24, 2.45) is 0 Å². The average Bonchev–Trinajstić information content (AvgIpc) is 2.79. The molecule has 0 bridgehead atoms. The van der Waals surface area contributed by atoms with E-state index >= 15 is 0 Å². The van der Waals surface area contributed by atoms with E-state index in [-0.39, 0.29) is 5.57 Å². The fourth-order valence-electron chi connectivity index (χ4n) is 3.29. The van der Waals surface area contributed by atoms with Crippen molar-refractivity contribution in [3.8, 4) is 11.8 Å². The minimum Gasteiger partial charge on any atom is -0.497 e. The van der Waals surface area contributed by atoms with E-state index in [0.29, 0.717) is 6.42 Å². The number of benzene rings is 3. The SMILES string of the molecule is CCc1ccccc1NC(=O)/C(C#N)=C/c1ccc(OC)cc1Cc1ccccc1Br. The molecule has 0 aliphatic carbocycles. The van der Waals surface area contributed by atoms with Crippen molar-refractivity contribution < 1.29 is 9.53 Å². The predicted octanol–water partition coefficient (Wildman–Crippen LogP) is 6.16. The molecule has 0 atom stereocenters. The Balaban J connectivity index is 1.95. The Bertz CT molecular complexity index is 1160. The number of aryl methyl sites for hydroxylation is 1. The van der Waals surface area contributed by atoms with Crippen molar-refractivity contribution in [2.75, 3.05) is 12.4 Å². The van der Waals surface area contributed by atoms with Gasteiger partial charge in [0.15, 0.2) is 0 Å². The number of methoxy groups -OCH3 is 1. The lowest BCUT2D eigenvalue weighted by atomic mass is 9.97. The van der Waals surface area contributed by atoms with Crippen LogP contribution >= 0.6 is 15.9 Å². The van der Waals surface area contributed by atoms with Crippen molar-refractivity contribution in [1.29, 1.82) is 5.26 Å². The highest BCUT2D eigenvalue weighted by atomic mass is 79.9. The standard InChI is InChI=1S/C26H23BrN2O2/c1-3-18-8-5-7-11-25(18)29-26(30)22(17-28)14-19-12-13-23(31-2)16-21(19)15-20-9-4-6-10-24(20)27/h4-14,16H,3,15H2,1-2H3,(H,29,30)/b22-14+. The number of halogens is 1. The van der Waals surface area contributed by atoms with Crippen LogP contribution in [0.2, 0.25) is 0 Å². The van der Waals surface area contributed by atoms with Gasteiger partial charge >= 0.3 is 0 Å². The van der Waals surface area contributed by atoms with Crippen LogP contribution in [-0.4, -0.2) is 13.0 Å². The van der Waals surface area contributed by atoms with Gasteiger partial charge in [-0.1, -0.05) is 65.3 Å². The third kappa shape index (κ3) is 5.62. The van der Waals surface area contributed by atoms with Crippen LogP contribution < -0.4 is 10.1 Å². The van der Waals surface area contributed by atoms with E-state index in [4.69, 9.17) is 4.74 Å². The molecule has 5 heteroatoms. The molecule has 0 fully saturated rings. The zero-order valence-electron chi connectivity index (χ0n) is 17.5. The Hall–Kier alpha value is -3.36. The lowest BCUT2D eigenvalue weighted by molar-refractivity contribution is -0.112. The van der Waals surface area contributed by atoms with Crippen LogP contribution in [0.4, 0.5) is 5.69 Å². The number of rotatable bonds is 7. The summed E-state index contributed by atoms with van der Waals surface area (Å²) in [4.78, 5) is 12.8. The summed E-state index contributed by atoms with van der Waals surface area (Å²) >= 11 is 3.59. The van der Waals surface area contributed by atoms with E-state index in [1.807, 2.05) is 79.7 Å². The molecule has 0 aliphatic rings. The highest BCUT2D eigenvalue weighted by molar-refractivity contribution is 9.10. The van der Waals surface area contributed by atoms with Gasteiger partial charge in [0.05, 0.1) is 7.11 Å². The number of hydrogen-bond acceptors (Lipinski definition) is 3. The number of nitrogens with zero attached hydrogens (tertiary/aromatic N) is 1. The number of hydrogen-bond donors (Lipinski definition) is 1. The highest BCUT2D eigenvalue weighted by Crippen LogP contribution is 2.26. The zero-order chi connectivity index (χ0) is 22.2. The van der Waals surface area contributed by atoms with Gasteiger partial charge in [0.25, 0.3) is 5.91 Å². The molecule has 1 N–H and O–H groups in total. The lowest BCUT2D eigenvalue weighted by Crippen LogP contribution is -2.14. The highest BCUT2D eigenvalue weighted by Gasteiger charge is 2.13. The largest absolute Gasteiger partial charge is 0.497 e. The molecule has 0 radical (unpaired) electrons. The Labute approximate surface area is 191 Å². The van der Waals surface area contributed by atoms with Gasteiger partial charge in [-0.2, -0.15) is 5.26 Å². The van der Waals surface area contributed by atoms with Crippen LogP contribution in [0.3, 0.4) is 0 Å². The van der Waals surface area contributed by atoms with Gasteiger partial charge in [-0.25, -0.2) is 0 Å². The summed E-state index contributed by atoms with van der Waals surface area (Å²) in [6, 6.07) is 23.3. The van der Waals surface area contributed by atoms with E-state index in [1.165, 1.54) is 0 Å². The number of nitrogens with one attached hydrogen (secondary N) is 1. The second-order valence-corrected chi connectivity index (χ2v) is 7.82. The molecule has 4 nitrogen and oxygen atoms in total. The summed E-state index contributed by atoms with van der Waals surface area (Å²) in [6.07, 6.45) is 3.05. The minimum absolute atomic E-state index is 0.0458. The molecule has 3 aromatic rings. The van der Waals surface area contributed by atoms with Crippen LogP contribution in [0.5, 0.6) is 5.75 Å². The van der Waals surface area contributed by atoms with Crippen molar-refractivity contribution in [1.82, 2.24) is 0 Å². The molecule has 0 saturated carbocycles. The molecular formula is C26H23BrN2O2. The summed E-state index contributed by atoms with van der Waals surface area (Å²) in [5, 5.41) is 12.5. The Kier molecular flexibility index (Phi) is 7.64. The van der Waals surface area contributed by atoms with Gasteiger partial charge in [-0.3, -0.25) is 4.79 Å². The second-order valence-electron chi connectivity index (χ2n) is 6.97. The first-order valence-corrected chi connectivity index (χ1v) is 10.8. The maximum absolute atomic E-state index is 12.8. The molecule has 3 rings (SSSR count). The summed E-state index contributed by atoms with van der Waals surface area (Å²) in [5.74, 6) is 0.296. The van der Waals surface area contributed by atoms with Crippen molar-refractivity contribution in [2.45, 2.75) is 19.8 Å². The van der Waals surface area contributed by atoms with Crippen molar-refractivity contribution >= 4 is 33.6 Å². The smallest absolute Gasteiger partial charge is 0.266 e. The van der Waals surface area contributed by atoms with E-state index in [0.717, 1.165) is 44.6 Å². The lowest BCUT2D eigenvalue weighted by Gasteiger charge is -2.12. The van der Waals surface area contributed by atoms with E-state index in [9.17, 15) is 10.1 Å². The third-order valence-electron chi connectivity index (χ3n) is 5.00. The molecule has 31 heavy (non-hydrogen) atoms. The minimum atomic E-state index is -0.425. The fraction of sp³-hybridized carbons (Fsp3) is 0.154. The first-order valence-electron chi connectivity index (χ1n) is 9.97. The number of amides is 1. The number of ether oxygens (including phenoxy) is 1. The van der Waals surface area contributed by atoms with E-state index in [2.05, 4.69) is 21.2 Å². The van der Waals surface area contributed by atoms with Gasteiger partial charge in [0.2, 0.25) is 0 Å². The molecule has 0 aliphatic heterocycles. The molecule has 3 aromatic carbocycles. The first kappa shape index (κ1) is 22.3. The van der Waals surface area contributed by atoms with Crippen LogP contribution in [0.25, 0.3) is 6.08 Å². The fourth-order valence-corrected chi connectivity index (χ4v) is 3.72. The molecule has 0 unspecified atom stereocenters. The predicted molar refractivity (Wildman–Crippen MR) is 128 cm³/mol. The Morgan fingerprint density at radius 1 is 1.06 bits per heavy atom. The van der Waals surface area contributed by atoms with Gasteiger partial charge in [0, 0.05) is 10.2 Å². The first-order chi connectivity index (χ1) is 15.0. The number of nitriles is 1. The number of carbonyl (C=O) groups is 1. The maximum Gasteiger partial charge on any atom is 0.266 e. The van der Waals surface area contributed by atoms with Crippen LogP contribution in [0.1, 0.15) is 29.2 Å². The van der Waals surface area contributed by atoms with Crippen molar-refractivity contribution in [3.63, 3.8) is 0 Å². The zero-order valence-corrected chi connectivity index (χ0v) is 19.1. The quantitative estimate of drug-likeness (QED) is 0.329. The number of para-hydroxylation sites is 1. The summed E-state index contributed by atoms with van der Waals surface area (Å²) in [5.41, 5.74) is 4.65. The Morgan fingerprint density at radius 2 is 1.77 bits per heavy atom. The second kappa shape index (κ2) is 10.6. The molecule has 156 valence electrons. The topological polar surface area (TPSA) is 62.1 Å². The summed E-state index contributed by atoms with van der Waals surface area (Å²) in [7, 11) is 1.62.